The SMILES string of the molecule is COc1ccc(NC(=O)CC2CSC(=NC3CCCCC3)N2C)cc1Cl.Cl. The van der Waals surface area contributed by atoms with Crippen LogP contribution in [0.2, 0.25) is 5.02 Å². The van der Waals surface area contributed by atoms with Crippen molar-refractivity contribution in [2.45, 2.75) is 50.6 Å². The molecule has 1 N–H and O–H groups in total. The Labute approximate surface area is 176 Å². The second-order valence-corrected chi connectivity index (χ2v) is 8.28. The maximum Gasteiger partial charge on any atom is 0.226 e. The summed E-state index contributed by atoms with van der Waals surface area (Å²) in [4.78, 5) is 19.5. The molecule has 1 atom stereocenters. The molecule has 1 aromatic carbocycles. The van der Waals surface area contributed by atoms with E-state index in [1.807, 2.05) is 7.05 Å². The molecule has 2 fully saturated rings. The highest BCUT2D eigenvalue weighted by Crippen LogP contribution is 2.29. The lowest BCUT2D eigenvalue weighted by atomic mass is 9.96. The number of rotatable bonds is 5. The first-order valence-corrected chi connectivity index (χ1v) is 10.5. The number of nitrogens with one attached hydrogen (secondary N) is 1. The monoisotopic (exact) mass is 431 g/mol. The van der Waals surface area contributed by atoms with Gasteiger partial charge in [0.1, 0.15) is 5.75 Å². The third-order valence-electron chi connectivity index (χ3n) is 4.98. The van der Waals surface area contributed by atoms with Crippen molar-refractivity contribution in [2.75, 3.05) is 25.2 Å². The predicted octanol–water partition coefficient (Wildman–Crippen LogP) is 4.83. The van der Waals surface area contributed by atoms with Crippen LogP contribution in [0.25, 0.3) is 0 Å². The number of hydrogen-bond donors (Lipinski definition) is 1. The van der Waals surface area contributed by atoms with E-state index >= 15 is 0 Å². The first kappa shape index (κ1) is 22.2. The smallest absolute Gasteiger partial charge is 0.226 e. The van der Waals surface area contributed by atoms with Gasteiger partial charge >= 0.3 is 0 Å². The van der Waals surface area contributed by atoms with Crippen molar-refractivity contribution >= 4 is 52.5 Å². The van der Waals surface area contributed by atoms with Crippen molar-refractivity contribution in [3.63, 3.8) is 0 Å². The molecule has 150 valence electrons. The highest BCUT2D eigenvalue weighted by molar-refractivity contribution is 8.14. The quantitative estimate of drug-likeness (QED) is 0.724. The van der Waals surface area contributed by atoms with Gasteiger partial charge in [-0.1, -0.05) is 42.6 Å². The standard InChI is InChI=1S/C19H26ClN3O2S.ClH/c1-23-15(12-26-19(23)22-13-6-4-3-5-7-13)11-18(24)21-14-8-9-17(25-2)16(20)10-14;/h8-10,13,15H,3-7,11-12H2,1-2H3,(H,21,24);1H. The molecule has 0 bridgehead atoms. The Hall–Kier alpha value is -1.11. The Kier molecular flexibility index (Phi) is 8.58. The van der Waals surface area contributed by atoms with E-state index in [-0.39, 0.29) is 24.4 Å². The minimum Gasteiger partial charge on any atom is -0.495 e. The number of anilines is 1. The van der Waals surface area contributed by atoms with Crippen LogP contribution < -0.4 is 10.1 Å². The van der Waals surface area contributed by atoms with Crippen LogP contribution in [0.5, 0.6) is 5.75 Å². The minimum absolute atomic E-state index is 0. The lowest BCUT2D eigenvalue weighted by Crippen LogP contribution is -2.34. The van der Waals surface area contributed by atoms with E-state index in [1.54, 1.807) is 37.1 Å². The summed E-state index contributed by atoms with van der Waals surface area (Å²) >= 11 is 7.88. The van der Waals surface area contributed by atoms with E-state index in [0.717, 1.165) is 10.9 Å². The van der Waals surface area contributed by atoms with E-state index in [9.17, 15) is 4.79 Å². The second-order valence-electron chi connectivity index (χ2n) is 6.88. The molecule has 1 saturated carbocycles. The third kappa shape index (κ3) is 5.93. The fourth-order valence-corrected chi connectivity index (χ4v) is 4.92. The van der Waals surface area contributed by atoms with Gasteiger partial charge in [-0.2, -0.15) is 0 Å². The molecule has 5 nitrogen and oxygen atoms in total. The average molecular weight is 432 g/mol. The predicted molar refractivity (Wildman–Crippen MR) is 117 cm³/mol. The summed E-state index contributed by atoms with van der Waals surface area (Å²) in [5.41, 5.74) is 0.685. The van der Waals surface area contributed by atoms with Gasteiger partial charge in [0.15, 0.2) is 5.17 Å². The summed E-state index contributed by atoms with van der Waals surface area (Å²) in [5.74, 6) is 1.49. The Bertz CT molecular complexity index is 681. The maximum absolute atomic E-state index is 12.4. The molecule has 1 amide bonds. The van der Waals surface area contributed by atoms with Gasteiger partial charge < -0.3 is 15.0 Å². The largest absolute Gasteiger partial charge is 0.495 e. The van der Waals surface area contributed by atoms with Gasteiger partial charge in [0.2, 0.25) is 5.91 Å². The highest BCUT2D eigenvalue weighted by atomic mass is 35.5. The molecular weight excluding hydrogens is 405 g/mol. The number of methoxy groups -OCH3 is 1. The van der Waals surface area contributed by atoms with Crippen molar-refractivity contribution < 1.29 is 9.53 Å². The van der Waals surface area contributed by atoms with E-state index in [4.69, 9.17) is 21.3 Å². The number of carbonyl (C=O) groups excluding carboxylic acids is 1. The molecule has 0 aromatic heterocycles. The normalized spacial score (nSPS) is 21.8. The molecule has 1 aliphatic carbocycles. The molecule has 0 spiro atoms. The van der Waals surface area contributed by atoms with E-state index in [1.165, 1.54) is 32.1 Å². The lowest BCUT2D eigenvalue weighted by molar-refractivity contribution is -0.116. The lowest BCUT2D eigenvalue weighted by Gasteiger charge is -2.23. The maximum atomic E-state index is 12.4. The average Bonchev–Trinajstić information content (AvgIpc) is 2.96. The minimum atomic E-state index is -0.0115. The molecule has 1 aliphatic heterocycles. The topological polar surface area (TPSA) is 53.9 Å². The number of amides is 1. The number of halogens is 2. The summed E-state index contributed by atoms with van der Waals surface area (Å²) in [6.45, 7) is 0. The molecule has 3 rings (SSSR count). The van der Waals surface area contributed by atoms with Gasteiger partial charge in [0, 0.05) is 31.0 Å². The first-order valence-electron chi connectivity index (χ1n) is 9.13. The highest BCUT2D eigenvalue weighted by Gasteiger charge is 2.30. The Morgan fingerprint density at radius 3 is 2.78 bits per heavy atom. The fourth-order valence-electron chi connectivity index (χ4n) is 3.40. The van der Waals surface area contributed by atoms with Crippen LogP contribution in [0.3, 0.4) is 0 Å². The van der Waals surface area contributed by atoms with Crippen LogP contribution in [0, 0.1) is 0 Å². The zero-order chi connectivity index (χ0) is 18.5. The molecule has 2 aliphatic rings. The molecule has 8 heteroatoms. The van der Waals surface area contributed by atoms with Crippen molar-refractivity contribution in [1.29, 1.82) is 0 Å². The summed E-state index contributed by atoms with van der Waals surface area (Å²) in [5, 5.41) is 4.50. The van der Waals surface area contributed by atoms with Gasteiger partial charge in [-0.15, -0.1) is 12.4 Å². The molecule has 1 heterocycles. The van der Waals surface area contributed by atoms with Crippen LogP contribution in [-0.2, 0) is 4.79 Å². The zero-order valence-corrected chi connectivity index (χ0v) is 18.1. The summed E-state index contributed by atoms with van der Waals surface area (Å²) in [6.07, 6.45) is 6.74. The molecule has 1 saturated heterocycles. The van der Waals surface area contributed by atoms with Gasteiger partial charge in [-0.25, -0.2) is 0 Å². The van der Waals surface area contributed by atoms with Gasteiger partial charge in [0.05, 0.1) is 18.2 Å². The Balaban J connectivity index is 0.00000261. The molecule has 1 aromatic rings. The third-order valence-corrected chi connectivity index (χ3v) is 6.48. The summed E-state index contributed by atoms with van der Waals surface area (Å²) in [7, 11) is 3.61. The molecule has 27 heavy (non-hydrogen) atoms. The van der Waals surface area contributed by atoms with Crippen LogP contribution >= 0.6 is 35.8 Å². The van der Waals surface area contributed by atoms with Crippen LogP contribution in [0.4, 0.5) is 5.69 Å². The Morgan fingerprint density at radius 2 is 2.11 bits per heavy atom. The fraction of sp³-hybridized carbons (Fsp3) is 0.579. The van der Waals surface area contributed by atoms with E-state index < -0.39 is 0 Å². The van der Waals surface area contributed by atoms with Crippen molar-refractivity contribution in [3.8, 4) is 5.75 Å². The zero-order valence-electron chi connectivity index (χ0n) is 15.7. The molecule has 1 unspecified atom stereocenters. The summed E-state index contributed by atoms with van der Waals surface area (Å²) in [6, 6.07) is 5.90. The number of ether oxygens (including phenoxy) is 1. The van der Waals surface area contributed by atoms with Crippen LogP contribution in [-0.4, -0.2) is 48.0 Å². The number of benzene rings is 1. The number of thioether (sulfide) groups is 1. The second kappa shape index (κ2) is 10.4. The summed E-state index contributed by atoms with van der Waals surface area (Å²) < 4.78 is 5.13. The molecule has 0 radical (unpaired) electrons. The number of nitrogens with zero attached hydrogens (tertiary/aromatic N) is 2. The first-order chi connectivity index (χ1) is 12.6. The van der Waals surface area contributed by atoms with Crippen molar-refractivity contribution in [2.24, 2.45) is 4.99 Å². The van der Waals surface area contributed by atoms with Crippen LogP contribution in [0.1, 0.15) is 38.5 Å². The number of hydrogen-bond acceptors (Lipinski definition) is 4. The molecular formula is C19H27Cl2N3O2S. The van der Waals surface area contributed by atoms with Crippen molar-refractivity contribution in [1.82, 2.24) is 4.90 Å². The number of carbonyl (C=O) groups is 1. The van der Waals surface area contributed by atoms with E-state index in [0.29, 0.717) is 28.9 Å². The number of aliphatic imine (C=N–C) groups is 1. The van der Waals surface area contributed by atoms with Gasteiger partial charge in [-0.05, 0) is 31.0 Å². The van der Waals surface area contributed by atoms with Crippen molar-refractivity contribution in [3.05, 3.63) is 23.2 Å². The van der Waals surface area contributed by atoms with Gasteiger partial charge in [0.25, 0.3) is 0 Å². The van der Waals surface area contributed by atoms with Gasteiger partial charge in [-0.3, -0.25) is 9.79 Å². The Morgan fingerprint density at radius 1 is 1.37 bits per heavy atom. The van der Waals surface area contributed by atoms with Crippen LogP contribution in [0.15, 0.2) is 23.2 Å². The number of amidine groups is 1. The van der Waals surface area contributed by atoms with E-state index in [2.05, 4.69) is 10.2 Å².